The summed E-state index contributed by atoms with van der Waals surface area (Å²) in [6.07, 6.45) is 0. The van der Waals surface area contributed by atoms with Gasteiger partial charge in [0.05, 0.1) is 32.9 Å². The first-order valence-corrected chi connectivity index (χ1v) is 11.4. The molecule has 0 saturated carbocycles. The Hall–Kier alpha value is -4.53. The summed E-state index contributed by atoms with van der Waals surface area (Å²) >= 11 is 13.3. The zero-order valence-electron chi connectivity index (χ0n) is 18.1. The van der Waals surface area contributed by atoms with E-state index in [2.05, 4.69) is 18.2 Å². The van der Waals surface area contributed by atoms with Crippen molar-refractivity contribution in [2.24, 2.45) is 0 Å². The maximum atomic E-state index is 10.4. The van der Waals surface area contributed by atoms with Gasteiger partial charge in [0.25, 0.3) is 0 Å². The highest BCUT2D eigenvalue weighted by Crippen LogP contribution is 2.45. The van der Waals surface area contributed by atoms with Gasteiger partial charge in [-0.05, 0) is 17.2 Å². The molecule has 0 radical (unpaired) electrons. The summed E-state index contributed by atoms with van der Waals surface area (Å²) in [6.45, 7) is 0. The molecule has 4 aromatic carbocycles. The molecule has 0 aliphatic heterocycles. The Bertz CT molecular complexity index is 1650. The fourth-order valence-electron chi connectivity index (χ4n) is 4.46. The van der Waals surface area contributed by atoms with Gasteiger partial charge >= 0.3 is 0 Å². The second-order valence-electron chi connectivity index (χ2n) is 7.75. The summed E-state index contributed by atoms with van der Waals surface area (Å²) in [5.41, 5.74) is 3.77. The molecule has 5 rings (SSSR count). The van der Waals surface area contributed by atoms with Crippen molar-refractivity contribution in [2.45, 2.75) is 0 Å². The van der Waals surface area contributed by atoms with Gasteiger partial charge in [-0.1, -0.05) is 102 Å². The summed E-state index contributed by atoms with van der Waals surface area (Å²) < 4.78 is 1.64. The molecule has 0 aliphatic rings. The van der Waals surface area contributed by atoms with E-state index in [0.717, 1.165) is 0 Å². The van der Waals surface area contributed by atoms with Crippen molar-refractivity contribution in [2.75, 3.05) is 0 Å². The Kier molecular flexibility index (Phi) is 5.74. The summed E-state index contributed by atoms with van der Waals surface area (Å²) in [6, 6.07) is 32.6. The Morgan fingerprint density at radius 1 is 0.571 bits per heavy atom. The average Bonchev–Trinajstić information content (AvgIpc) is 3.17. The predicted molar refractivity (Wildman–Crippen MR) is 138 cm³/mol. The molecule has 0 bridgehead atoms. The fourth-order valence-corrected chi connectivity index (χ4v) is 4.99. The lowest BCUT2D eigenvalue weighted by atomic mass is 9.84. The SMILES string of the molecule is N#Cc1c(-c2ccccc2)c(C#N)c(-n2c(Cl)c(Cl)c3ccccc32)c(C#N)c1-c1ccccc1. The molecular weight excluding hydrogens is 475 g/mol. The highest BCUT2D eigenvalue weighted by molar-refractivity contribution is 6.45. The van der Waals surface area contributed by atoms with E-state index in [1.165, 1.54) is 0 Å². The molecule has 4 nitrogen and oxygen atoms in total. The molecule has 0 aliphatic carbocycles. The van der Waals surface area contributed by atoms with Gasteiger partial charge in [0.15, 0.2) is 0 Å². The van der Waals surface area contributed by atoms with Crippen LogP contribution >= 0.6 is 23.2 Å². The van der Waals surface area contributed by atoms with Crippen molar-refractivity contribution < 1.29 is 0 Å². The van der Waals surface area contributed by atoms with Crippen molar-refractivity contribution in [3.05, 3.63) is 112 Å². The number of nitrogens with zero attached hydrogens (tertiary/aromatic N) is 4. The number of halogens is 2. The topological polar surface area (TPSA) is 76.3 Å². The van der Waals surface area contributed by atoms with E-state index in [1.54, 1.807) is 4.57 Å². The van der Waals surface area contributed by atoms with Crippen molar-refractivity contribution in [3.63, 3.8) is 0 Å². The molecule has 0 spiro atoms. The number of nitriles is 3. The van der Waals surface area contributed by atoms with E-state index < -0.39 is 0 Å². The summed E-state index contributed by atoms with van der Waals surface area (Å²) in [7, 11) is 0. The van der Waals surface area contributed by atoms with Crippen LogP contribution in [0.4, 0.5) is 0 Å². The minimum absolute atomic E-state index is 0.170. The summed E-state index contributed by atoms with van der Waals surface area (Å²) in [5, 5.41) is 32.4. The van der Waals surface area contributed by atoms with E-state index in [0.29, 0.717) is 43.9 Å². The van der Waals surface area contributed by atoms with Crippen LogP contribution in [0.1, 0.15) is 16.7 Å². The van der Waals surface area contributed by atoms with Gasteiger partial charge < -0.3 is 0 Å². The molecule has 5 aromatic rings. The quantitative estimate of drug-likeness (QED) is 0.259. The van der Waals surface area contributed by atoms with Crippen LogP contribution in [0.25, 0.3) is 38.8 Å². The Morgan fingerprint density at radius 3 is 1.51 bits per heavy atom. The number of aromatic nitrogens is 1. The molecule has 0 saturated heterocycles. The number of para-hydroxylation sites is 1. The van der Waals surface area contributed by atoms with E-state index in [1.807, 2.05) is 84.9 Å². The zero-order valence-corrected chi connectivity index (χ0v) is 19.6. The first-order chi connectivity index (χ1) is 17.1. The van der Waals surface area contributed by atoms with Crippen LogP contribution in [0.3, 0.4) is 0 Å². The van der Waals surface area contributed by atoms with Crippen LogP contribution in [0.2, 0.25) is 10.2 Å². The van der Waals surface area contributed by atoms with Crippen LogP contribution in [0, 0.1) is 34.0 Å². The highest BCUT2D eigenvalue weighted by Gasteiger charge is 2.29. The molecule has 1 aromatic heterocycles. The van der Waals surface area contributed by atoms with Crippen LogP contribution in [0.5, 0.6) is 0 Å². The zero-order chi connectivity index (χ0) is 24.5. The van der Waals surface area contributed by atoms with Gasteiger partial charge in [0.2, 0.25) is 0 Å². The Balaban J connectivity index is 2.09. The molecule has 6 heteroatoms. The minimum atomic E-state index is 0.170. The van der Waals surface area contributed by atoms with Crippen LogP contribution in [-0.2, 0) is 0 Å². The molecule has 0 unspecified atom stereocenters. The molecule has 1 heterocycles. The van der Waals surface area contributed by atoms with E-state index in [4.69, 9.17) is 23.2 Å². The fraction of sp³-hybridized carbons (Fsp3) is 0. The van der Waals surface area contributed by atoms with Gasteiger partial charge in [-0.25, -0.2) is 0 Å². The van der Waals surface area contributed by atoms with Crippen molar-refractivity contribution in [3.8, 4) is 46.1 Å². The maximum Gasteiger partial charge on any atom is 0.133 e. The lowest BCUT2D eigenvalue weighted by Gasteiger charge is -2.20. The number of benzene rings is 4. The number of hydrogen-bond donors (Lipinski definition) is 0. The van der Waals surface area contributed by atoms with E-state index in [9.17, 15) is 15.8 Å². The third-order valence-electron chi connectivity index (χ3n) is 5.92. The van der Waals surface area contributed by atoms with Gasteiger partial charge in [-0.15, -0.1) is 0 Å². The second kappa shape index (κ2) is 9.02. The van der Waals surface area contributed by atoms with E-state index >= 15 is 0 Å². The monoisotopic (exact) mass is 488 g/mol. The summed E-state index contributed by atoms with van der Waals surface area (Å²) in [5.74, 6) is 0. The molecule has 35 heavy (non-hydrogen) atoms. The molecule has 0 amide bonds. The first kappa shape index (κ1) is 22.3. The van der Waals surface area contributed by atoms with Crippen LogP contribution < -0.4 is 0 Å². The Labute approximate surface area is 212 Å². The van der Waals surface area contributed by atoms with E-state index in [-0.39, 0.29) is 21.8 Å². The third-order valence-corrected chi connectivity index (χ3v) is 6.75. The van der Waals surface area contributed by atoms with Crippen molar-refractivity contribution >= 4 is 34.1 Å². The van der Waals surface area contributed by atoms with Crippen molar-refractivity contribution in [1.82, 2.24) is 4.57 Å². The summed E-state index contributed by atoms with van der Waals surface area (Å²) in [4.78, 5) is 0. The largest absolute Gasteiger partial charge is 0.296 e. The smallest absolute Gasteiger partial charge is 0.133 e. The minimum Gasteiger partial charge on any atom is -0.296 e. The van der Waals surface area contributed by atoms with Crippen molar-refractivity contribution in [1.29, 1.82) is 15.8 Å². The van der Waals surface area contributed by atoms with Gasteiger partial charge in [-0.2, -0.15) is 15.8 Å². The van der Waals surface area contributed by atoms with Gasteiger partial charge in [-0.3, -0.25) is 4.57 Å². The number of rotatable bonds is 3. The van der Waals surface area contributed by atoms with Gasteiger partial charge in [0.1, 0.15) is 23.4 Å². The van der Waals surface area contributed by atoms with Crippen LogP contribution in [0.15, 0.2) is 84.9 Å². The first-order valence-electron chi connectivity index (χ1n) is 10.6. The molecule has 0 atom stereocenters. The maximum absolute atomic E-state index is 10.4. The molecule has 164 valence electrons. The third kappa shape index (κ3) is 3.43. The highest BCUT2D eigenvalue weighted by atomic mass is 35.5. The standard InChI is InChI=1S/C29H14Cl2N4/c30-27-20-13-7-8-14-24(20)35(29(27)31)28-22(16-33)25(18-9-3-1-4-10-18)21(15-32)26(23(28)17-34)19-11-5-2-6-12-19/h1-14H. The number of fused-ring (bicyclic) bond motifs is 1. The Morgan fingerprint density at radius 2 is 1.03 bits per heavy atom. The van der Waals surface area contributed by atoms with Gasteiger partial charge in [0, 0.05) is 16.5 Å². The molecule has 0 fully saturated rings. The lowest BCUT2D eigenvalue weighted by Crippen LogP contribution is -2.08. The molecular formula is C29H14Cl2N4. The normalized spacial score (nSPS) is 10.5. The predicted octanol–water partition coefficient (Wildman–Crippen LogP) is 7.89. The van der Waals surface area contributed by atoms with Crippen LogP contribution in [-0.4, -0.2) is 4.57 Å². The second-order valence-corrected chi connectivity index (χ2v) is 8.48. The lowest BCUT2D eigenvalue weighted by molar-refractivity contribution is 1.11. The molecule has 0 N–H and O–H groups in total. The average molecular weight is 489 g/mol. The number of hydrogen-bond acceptors (Lipinski definition) is 3.